The molecule has 4 N–H and O–H groups in total. The summed E-state index contributed by atoms with van der Waals surface area (Å²) in [5, 5.41) is 43.7. The number of aromatic nitrogens is 9. The summed E-state index contributed by atoms with van der Waals surface area (Å²) in [6, 6.07) is 55.2. The van der Waals surface area contributed by atoms with Crippen molar-refractivity contribution in [1.29, 1.82) is 0 Å². The number of nitrogen functional groups attached to an aromatic ring is 1. The zero-order valence-electron chi connectivity index (χ0n) is 61.8. The van der Waals surface area contributed by atoms with Gasteiger partial charge in [-0.15, -0.1) is 0 Å². The fourth-order valence-corrected chi connectivity index (χ4v) is 15.4. The molecule has 0 aliphatic carbocycles. The van der Waals surface area contributed by atoms with Gasteiger partial charge in [0, 0.05) is 84.0 Å². The second kappa shape index (κ2) is 34.8. The van der Waals surface area contributed by atoms with Crippen molar-refractivity contribution in [2.45, 2.75) is 51.6 Å². The summed E-state index contributed by atoms with van der Waals surface area (Å²) in [5.74, 6) is 1.41. The van der Waals surface area contributed by atoms with E-state index in [1.165, 1.54) is 22.4 Å². The Labute approximate surface area is 700 Å². The highest BCUT2D eigenvalue weighted by Gasteiger charge is 2.35. The van der Waals surface area contributed by atoms with Gasteiger partial charge in [0.25, 0.3) is 34.4 Å². The van der Waals surface area contributed by atoms with E-state index in [0.29, 0.717) is 154 Å². The number of aliphatic hydroxyl groups excluding tert-OH is 1. The highest BCUT2D eigenvalue weighted by Crippen LogP contribution is 2.34. The van der Waals surface area contributed by atoms with Gasteiger partial charge in [-0.05, 0) is 200 Å². The first-order chi connectivity index (χ1) is 55.9. The lowest BCUT2D eigenvalue weighted by molar-refractivity contribution is -0.383. The molecule has 3 amide bonds. The molecule has 0 bridgehead atoms. The maximum atomic E-state index is 14.1. The minimum Gasteiger partial charge on any atom is -0.497 e. The van der Waals surface area contributed by atoms with Crippen molar-refractivity contribution in [2.75, 3.05) is 46.7 Å². The zero-order valence-corrected chi connectivity index (χ0v) is 68.8. The van der Waals surface area contributed by atoms with E-state index in [-0.39, 0.29) is 71.8 Å². The Kier molecular flexibility index (Phi) is 24.2. The molecule has 9 heterocycles. The number of hydrogen-bond donors (Lipinski definition) is 3. The normalized spacial score (nSPS) is 12.8. The van der Waals surface area contributed by atoms with Crippen LogP contribution in [0.15, 0.2) is 234 Å². The van der Waals surface area contributed by atoms with Crippen molar-refractivity contribution in [3.05, 3.63) is 343 Å². The third-order valence-electron chi connectivity index (χ3n) is 19.9. The first kappa shape index (κ1) is 80.9. The molecule has 3 aliphatic rings. The van der Waals surface area contributed by atoms with Crippen molar-refractivity contribution in [3.8, 4) is 34.3 Å². The van der Waals surface area contributed by atoms with Crippen molar-refractivity contribution >= 4 is 129 Å². The van der Waals surface area contributed by atoms with Crippen molar-refractivity contribution in [3.63, 3.8) is 0 Å². The van der Waals surface area contributed by atoms with E-state index in [0.717, 1.165) is 37.7 Å². The van der Waals surface area contributed by atoms with Crippen LogP contribution < -0.4 is 36.6 Å². The number of nitro groups is 1. The van der Waals surface area contributed by atoms with Crippen LogP contribution >= 0.6 is 82.6 Å². The Hall–Kier alpha value is -11.7. The van der Waals surface area contributed by atoms with Gasteiger partial charge in [-0.25, -0.2) is 13.5 Å². The minimum absolute atomic E-state index is 0.0184. The third-order valence-corrected chi connectivity index (χ3v) is 23.6. The summed E-state index contributed by atoms with van der Waals surface area (Å²) in [7, 11) is 4.72. The molecule has 0 atom stereocenters. The number of benzene rings is 8. The Balaban J connectivity index is 0.000000136. The average Bonchev–Trinajstić information content (AvgIpc) is 1.51. The van der Waals surface area contributed by atoms with Crippen LogP contribution in [0.3, 0.4) is 0 Å². The summed E-state index contributed by atoms with van der Waals surface area (Å²) in [4.78, 5) is 97.2. The average molecular weight is 1820 g/mol. The van der Waals surface area contributed by atoms with Gasteiger partial charge in [0.1, 0.15) is 29.1 Å². The zero-order chi connectivity index (χ0) is 81.9. The van der Waals surface area contributed by atoms with E-state index in [1.807, 2.05) is 59.2 Å². The Morgan fingerprint density at radius 3 is 1.19 bits per heavy atom. The summed E-state index contributed by atoms with van der Waals surface area (Å²) < 4.78 is 27.3. The number of methoxy groups -OCH3 is 3. The fourth-order valence-electron chi connectivity index (χ4n) is 14.1. The van der Waals surface area contributed by atoms with E-state index < -0.39 is 11.2 Å². The molecule has 0 radical (unpaired) electrons. The Morgan fingerprint density at radius 1 is 0.483 bits per heavy atom. The molecule has 6 aromatic heterocycles. The third kappa shape index (κ3) is 16.3. The van der Waals surface area contributed by atoms with Gasteiger partial charge in [0.2, 0.25) is 5.65 Å². The molecule has 0 spiro atoms. The smallest absolute Gasteiger partial charge is 0.332 e. The highest BCUT2D eigenvalue weighted by molar-refractivity contribution is 9.11. The molecule has 27 nitrogen and oxygen atoms in total. The van der Waals surface area contributed by atoms with Gasteiger partial charge in [0.05, 0.1) is 113 Å². The first-order valence-corrected chi connectivity index (χ1v) is 39.4. The highest BCUT2D eigenvalue weighted by atomic mass is 79.9. The second-order valence-electron chi connectivity index (χ2n) is 26.8. The van der Waals surface area contributed by atoms with Crippen LogP contribution in [0.25, 0.3) is 34.0 Å². The number of amides is 3. The number of rotatable bonds is 13. The van der Waals surface area contributed by atoms with Crippen LogP contribution in [0.4, 0.5) is 11.4 Å². The Morgan fingerprint density at radius 2 is 0.828 bits per heavy atom. The largest absolute Gasteiger partial charge is 0.497 e. The first-order valence-electron chi connectivity index (χ1n) is 35.9. The van der Waals surface area contributed by atoms with Crippen LogP contribution in [0.2, 0.25) is 15.1 Å². The van der Waals surface area contributed by atoms with Crippen LogP contribution in [0, 0.1) is 10.1 Å². The van der Waals surface area contributed by atoms with Gasteiger partial charge in [0.15, 0.2) is 11.9 Å². The van der Waals surface area contributed by atoms with Crippen LogP contribution in [0.5, 0.6) is 17.2 Å². The van der Waals surface area contributed by atoms with E-state index in [9.17, 15) is 38.9 Å². The number of nitrogens with two attached hydrogens (primary N) is 1. The number of hydrogen-bond acceptors (Lipinski definition) is 17. The number of anilines is 1. The maximum Gasteiger partial charge on any atom is 0.332 e. The topological polar surface area (TPSA) is 316 Å². The summed E-state index contributed by atoms with van der Waals surface area (Å²) >= 11 is 28.6. The number of ether oxygens (including phenoxy) is 3. The van der Waals surface area contributed by atoms with E-state index >= 15 is 0 Å². The standard InChI is InChI=1S/C30H24BrClN4O3.C23H17BrClN5O5.C23H19BrClN5O3.C7H8O2/c1-39-23-10-8-22(9-11-23)35-28-21(15-19-5-3-2-4-6-19)17-33-36(28)27-18-34(14-13-24(27)30(35)38)29(37)20-7-12-25(31)26(32)16-20;1-35-15-5-3-14(4-6-15)28-21-19(30(33)34)11-26-29(21)20-12-27(9-8-16(20)23(28)32)22(31)13-2-7-17(24)18(25)10-13;1-33-15-5-3-14(4-6-15)29-21-19(26)11-27-30(21)20-12-28(9-8-16(20)23(29)32)22(31)13-2-7-17(24)18(25)10-13;8-7(9)6-4-2-1-3-5-6/h2-12,16-17H,13-15,18H2,1H3;2-7,10-11H,8-9,12H2,1H3;2-7,10-11H,8-9,12,26H2,1H3;1-5,7-9H. The number of aliphatic hydroxyl groups is 2. The number of nitrogens with zero attached hydrogens (tertiary/aromatic N) is 13. The van der Waals surface area contributed by atoms with Crippen LogP contribution in [-0.4, -0.2) is 131 Å². The molecular weight excluding hydrogens is 1750 g/mol. The van der Waals surface area contributed by atoms with Gasteiger partial charge < -0.3 is 44.9 Å². The SMILES string of the molecule is COc1ccc(-n2c(=O)c3c(n4ncc(Cc5ccccc5)c24)CN(C(=O)c2ccc(Br)c(Cl)c2)CC3)cc1.COc1ccc(-n2c(=O)c3c(n4ncc(N)c24)CN(C(=O)c2ccc(Br)c(Cl)c2)CC3)cc1.COc1ccc(-n2c(=O)c3c(n4ncc([N+](=O)[O-])c24)CN(C(=O)c2ccc(Br)c(Cl)c2)CC3)cc1.OC(O)c1ccccc1. The fraction of sp³-hybridized carbons (Fsp3) is 0.169. The molecular formula is C83H68Br3Cl3N14O13. The molecule has 0 saturated heterocycles. The van der Waals surface area contributed by atoms with Crippen molar-refractivity contribution in [1.82, 2.24) is 57.2 Å². The lowest BCUT2D eigenvalue weighted by atomic mass is 10.0. The molecule has 590 valence electrons. The molecule has 33 heteroatoms. The van der Waals surface area contributed by atoms with E-state index in [4.69, 9.17) is 70.1 Å². The number of halogens is 6. The molecule has 8 aromatic carbocycles. The monoisotopic (exact) mass is 1810 g/mol. The van der Waals surface area contributed by atoms with Crippen LogP contribution in [-0.2, 0) is 45.3 Å². The Bertz CT molecular complexity index is 6340. The molecule has 0 fully saturated rings. The molecule has 116 heavy (non-hydrogen) atoms. The molecule has 14 aromatic rings. The van der Waals surface area contributed by atoms with Crippen molar-refractivity contribution in [2.24, 2.45) is 0 Å². The lowest BCUT2D eigenvalue weighted by Gasteiger charge is -2.30. The van der Waals surface area contributed by atoms with Gasteiger partial charge in [-0.1, -0.05) is 95.5 Å². The number of carbonyl (C=O) groups is 3. The lowest BCUT2D eigenvalue weighted by Crippen LogP contribution is -2.41. The summed E-state index contributed by atoms with van der Waals surface area (Å²) in [6.07, 6.45) is 4.81. The predicted octanol–water partition coefficient (Wildman–Crippen LogP) is 14.1. The van der Waals surface area contributed by atoms with Gasteiger partial charge in [-0.3, -0.25) is 52.6 Å². The summed E-state index contributed by atoms with van der Waals surface area (Å²) in [6.45, 7) is 1.68. The summed E-state index contributed by atoms with van der Waals surface area (Å²) in [5.41, 5.74) is 16.1. The molecule has 0 unspecified atom stereocenters. The van der Waals surface area contributed by atoms with Crippen molar-refractivity contribution < 1.29 is 43.7 Å². The number of fused-ring (bicyclic) bond motifs is 9. The van der Waals surface area contributed by atoms with Gasteiger partial charge >= 0.3 is 5.69 Å². The molecule has 3 aliphatic heterocycles. The number of carbonyl (C=O) groups excluding carboxylic acids is 3. The predicted molar refractivity (Wildman–Crippen MR) is 449 cm³/mol. The minimum atomic E-state index is -1.34. The van der Waals surface area contributed by atoms with E-state index in [1.54, 1.807) is 170 Å². The molecule has 0 saturated carbocycles. The quantitative estimate of drug-likeness (QED) is 0.0548. The van der Waals surface area contributed by atoms with Gasteiger partial charge in [-0.2, -0.15) is 15.3 Å². The van der Waals surface area contributed by atoms with E-state index in [2.05, 4.69) is 70.1 Å². The molecule has 17 rings (SSSR count). The van der Waals surface area contributed by atoms with Crippen LogP contribution in [0.1, 0.15) is 87.8 Å². The maximum absolute atomic E-state index is 14.1. The second-order valence-corrected chi connectivity index (χ2v) is 30.6.